The van der Waals surface area contributed by atoms with Crippen molar-refractivity contribution in [1.82, 2.24) is 20.0 Å². The first-order valence-corrected chi connectivity index (χ1v) is 7.69. The van der Waals surface area contributed by atoms with E-state index in [1.807, 2.05) is 28.9 Å². The normalized spacial score (nSPS) is 28.1. The van der Waals surface area contributed by atoms with E-state index >= 15 is 0 Å². The van der Waals surface area contributed by atoms with Crippen LogP contribution >= 0.6 is 15.9 Å². The second-order valence-electron chi connectivity index (χ2n) is 5.61. The van der Waals surface area contributed by atoms with Crippen molar-refractivity contribution in [3.63, 3.8) is 0 Å². The molecule has 2 N–H and O–H groups in total. The Morgan fingerprint density at radius 3 is 3.05 bits per heavy atom. The molecule has 2 aromatic rings. The maximum absolute atomic E-state index is 12.3. The van der Waals surface area contributed by atoms with Crippen LogP contribution in [0.25, 0.3) is 5.65 Å². The summed E-state index contributed by atoms with van der Waals surface area (Å²) >= 11 is 3.34. The van der Waals surface area contributed by atoms with Crippen molar-refractivity contribution in [2.24, 2.45) is 0 Å². The summed E-state index contributed by atoms with van der Waals surface area (Å²) in [7, 11) is 0. The minimum absolute atomic E-state index is 0.00364. The second kappa shape index (κ2) is 4.56. The van der Waals surface area contributed by atoms with Crippen LogP contribution in [-0.2, 0) is 0 Å². The maximum Gasteiger partial charge on any atom is 0.253 e. The van der Waals surface area contributed by atoms with Crippen molar-refractivity contribution in [1.29, 1.82) is 0 Å². The molecule has 2 fully saturated rings. The maximum atomic E-state index is 12.3. The molecule has 0 radical (unpaired) electrons. The highest BCUT2D eigenvalue weighted by Crippen LogP contribution is 2.28. The van der Waals surface area contributed by atoms with Crippen LogP contribution in [0.2, 0.25) is 0 Å². The van der Waals surface area contributed by atoms with Gasteiger partial charge in [-0.25, -0.2) is 4.98 Å². The van der Waals surface area contributed by atoms with Crippen LogP contribution in [0.1, 0.15) is 29.6 Å². The topological polar surface area (TPSA) is 58.4 Å². The zero-order valence-electron chi connectivity index (χ0n) is 10.8. The van der Waals surface area contributed by atoms with E-state index in [0.29, 0.717) is 17.6 Å². The van der Waals surface area contributed by atoms with E-state index in [0.717, 1.165) is 16.7 Å². The van der Waals surface area contributed by atoms with Gasteiger partial charge in [-0.3, -0.25) is 4.79 Å². The van der Waals surface area contributed by atoms with Gasteiger partial charge in [-0.1, -0.05) is 0 Å². The summed E-state index contributed by atoms with van der Waals surface area (Å²) in [5.41, 5.74) is 1.50. The summed E-state index contributed by atoms with van der Waals surface area (Å²) in [6, 6.07) is 5.00. The highest BCUT2D eigenvalue weighted by Gasteiger charge is 2.39. The molecule has 0 saturated carbocycles. The zero-order valence-corrected chi connectivity index (χ0v) is 12.4. The molecular formula is C14H15BrN4O. The summed E-state index contributed by atoms with van der Waals surface area (Å²) in [6.45, 7) is 0. The average molecular weight is 335 g/mol. The molecule has 0 aromatic carbocycles. The molecule has 5 nitrogen and oxygen atoms in total. The number of amides is 1. The average Bonchev–Trinajstić information content (AvgIpc) is 3.10. The Bertz CT molecular complexity index is 683. The van der Waals surface area contributed by atoms with Crippen LogP contribution in [0, 0.1) is 0 Å². The zero-order chi connectivity index (χ0) is 13.7. The summed E-state index contributed by atoms with van der Waals surface area (Å²) < 4.78 is 2.63. The lowest BCUT2D eigenvalue weighted by Crippen LogP contribution is -2.42. The van der Waals surface area contributed by atoms with Crippen LogP contribution < -0.4 is 10.6 Å². The molecule has 2 aromatic heterocycles. The lowest BCUT2D eigenvalue weighted by molar-refractivity contribution is 0.0930. The number of carbonyl (C=O) groups is 1. The fraction of sp³-hybridized carbons (Fsp3) is 0.429. The molecule has 4 heterocycles. The second-order valence-corrected chi connectivity index (χ2v) is 6.42. The third kappa shape index (κ3) is 2.03. The van der Waals surface area contributed by atoms with Gasteiger partial charge in [0.1, 0.15) is 10.3 Å². The molecule has 0 unspecified atom stereocenters. The standard InChI is InChI=1S/C14H15BrN4O/c15-12-7-19-6-8(1-4-13(19)18-12)14(20)17-11-5-9-2-3-10(11)16-9/h1,4,6-7,9-11,16H,2-3,5H2,(H,17,20)/t9-,10+,11-/m1/s1. The summed E-state index contributed by atoms with van der Waals surface area (Å²) in [4.78, 5) is 16.6. The molecule has 6 heteroatoms. The number of fused-ring (bicyclic) bond motifs is 3. The number of halogens is 1. The van der Waals surface area contributed by atoms with Gasteiger partial charge in [0.15, 0.2) is 0 Å². The largest absolute Gasteiger partial charge is 0.348 e. The molecule has 0 aliphatic carbocycles. The number of hydrogen-bond acceptors (Lipinski definition) is 3. The molecule has 2 aliphatic heterocycles. The molecule has 104 valence electrons. The molecule has 3 atom stereocenters. The van der Waals surface area contributed by atoms with E-state index in [1.165, 1.54) is 12.8 Å². The number of imidazole rings is 1. The summed E-state index contributed by atoms with van der Waals surface area (Å²) in [5, 5.41) is 6.68. The summed E-state index contributed by atoms with van der Waals surface area (Å²) in [6.07, 6.45) is 7.14. The molecular weight excluding hydrogens is 320 g/mol. The van der Waals surface area contributed by atoms with Crippen molar-refractivity contribution >= 4 is 27.5 Å². The number of pyridine rings is 1. The summed E-state index contributed by atoms with van der Waals surface area (Å²) in [5.74, 6) is -0.00364. The number of aromatic nitrogens is 2. The minimum Gasteiger partial charge on any atom is -0.348 e. The molecule has 2 bridgehead atoms. The predicted octanol–water partition coefficient (Wildman–Crippen LogP) is 1.72. The Morgan fingerprint density at radius 1 is 1.40 bits per heavy atom. The van der Waals surface area contributed by atoms with Gasteiger partial charge in [0.05, 0.1) is 5.56 Å². The molecule has 4 rings (SSSR count). The van der Waals surface area contributed by atoms with Gasteiger partial charge in [-0.2, -0.15) is 0 Å². The molecule has 1 amide bonds. The Morgan fingerprint density at radius 2 is 2.30 bits per heavy atom. The number of carbonyl (C=O) groups excluding carboxylic acids is 1. The molecule has 0 spiro atoms. The van der Waals surface area contributed by atoms with Crippen molar-refractivity contribution in [2.45, 2.75) is 37.4 Å². The first-order chi connectivity index (χ1) is 9.69. The van der Waals surface area contributed by atoms with E-state index in [1.54, 1.807) is 0 Å². The SMILES string of the molecule is O=C(N[C@@H]1C[C@H]2CC[C@@H]1N2)c1ccc2nc(Br)cn2c1. The quantitative estimate of drug-likeness (QED) is 0.879. The number of rotatable bonds is 2. The Hall–Kier alpha value is -1.40. The lowest BCUT2D eigenvalue weighted by atomic mass is 9.95. The van der Waals surface area contributed by atoms with E-state index in [-0.39, 0.29) is 11.9 Å². The third-order valence-corrected chi connectivity index (χ3v) is 4.68. The molecule has 20 heavy (non-hydrogen) atoms. The highest BCUT2D eigenvalue weighted by molar-refractivity contribution is 9.10. The van der Waals surface area contributed by atoms with Gasteiger partial charge < -0.3 is 15.0 Å². The van der Waals surface area contributed by atoms with Crippen molar-refractivity contribution < 1.29 is 4.79 Å². The highest BCUT2D eigenvalue weighted by atomic mass is 79.9. The Kier molecular flexibility index (Phi) is 2.82. The van der Waals surface area contributed by atoms with Gasteiger partial charge in [-0.05, 0) is 47.3 Å². The fourth-order valence-corrected chi connectivity index (χ4v) is 3.73. The van der Waals surface area contributed by atoms with Gasteiger partial charge >= 0.3 is 0 Å². The van der Waals surface area contributed by atoms with Crippen LogP contribution in [0.4, 0.5) is 0 Å². The minimum atomic E-state index is -0.00364. The first-order valence-electron chi connectivity index (χ1n) is 6.90. The Labute approximate surface area is 124 Å². The third-order valence-electron chi connectivity index (χ3n) is 4.30. The van der Waals surface area contributed by atoms with Gasteiger partial charge in [0, 0.05) is 30.5 Å². The van der Waals surface area contributed by atoms with Crippen molar-refractivity contribution in [3.8, 4) is 0 Å². The van der Waals surface area contributed by atoms with E-state index in [2.05, 4.69) is 31.5 Å². The van der Waals surface area contributed by atoms with Crippen LogP contribution in [0.15, 0.2) is 29.1 Å². The van der Waals surface area contributed by atoms with Crippen LogP contribution in [0.5, 0.6) is 0 Å². The molecule has 2 saturated heterocycles. The van der Waals surface area contributed by atoms with Gasteiger partial charge in [0.2, 0.25) is 0 Å². The number of hydrogen-bond donors (Lipinski definition) is 2. The van der Waals surface area contributed by atoms with E-state index < -0.39 is 0 Å². The monoisotopic (exact) mass is 334 g/mol. The lowest BCUT2D eigenvalue weighted by Gasteiger charge is -2.21. The Balaban J connectivity index is 1.54. The van der Waals surface area contributed by atoms with Crippen LogP contribution in [0.3, 0.4) is 0 Å². The van der Waals surface area contributed by atoms with Gasteiger partial charge in [-0.15, -0.1) is 0 Å². The predicted molar refractivity (Wildman–Crippen MR) is 78.7 cm³/mol. The van der Waals surface area contributed by atoms with E-state index in [4.69, 9.17) is 0 Å². The number of nitrogens with zero attached hydrogens (tertiary/aromatic N) is 2. The van der Waals surface area contributed by atoms with E-state index in [9.17, 15) is 4.79 Å². The van der Waals surface area contributed by atoms with Gasteiger partial charge in [0.25, 0.3) is 5.91 Å². The first kappa shape index (κ1) is 12.3. The molecule has 2 aliphatic rings. The number of nitrogens with one attached hydrogen (secondary N) is 2. The van der Waals surface area contributed by atoms with Crippen molar-refractivity contribution in [2.75, 3.05) is 0 Å². The smallest absolute Gasteiger partial charge is 0.253 e. The fourth-order valence-electron chi connectivity index (χ4n) is 3.33. The van der Waals surface area contributed by atoms with Crippen LogP contribution in [-0.4, -0.2) is 33.4 Å². The van der Waals surface area contributed by atoms with Crippen molar-refractivity contribution in [3.05, 3.63) is 34.7 Å².